The number of aromatic nitrogens is 5. The standard InChI is InChI=1S/C31H33F3N6O/c1-19-9-30(10-19,28-37-36-18-38(28)3)23-6-4-5-22(8-23)24-13-35-26-25(31(32,33)34)7-20(16-40(26)27(24)41)14-39-15-21-11-29(2,12-21)17-39/h4-8,13,16,18-19,21H,9-12,14-15,17H2,1-3H3. The van der Waals surface area contributed by atoms with Gasteiger partial charge in [0.15, 0.2) is 5.65 Å². The minimum Gasteiger partial charge on any atom is -0.320 e. The Morgan fingerprint density at radius 1 is 1.12 bits per heavy atom. The van der Waals surface area contributed by atoms with Gasteiger partial charge in [0.2, 0.25) is 0 Å². The molecule has 2 saturated heterocycles. The van der Waals surface area contributed by atoms with Gasteiger partial charge in [-0.05, 0) is 71.8 Å². The van der Waals surface area contributed by atoms with E-state index >= 15 is 0 Å². The molecule has 0 spiro atoms. The van der Waals surface area contributed by atoms with Crippen molar-refractivity contribution in [1.82, 2.24) is 29.0 Å². The van der Waals surface area contributed by atoms with E-state index in [1.165, 1.54) is 19.0 Å². The Morgan fingerprint density at radius 2 is 1.90 bits per heavy atom. The fourth-order valence-electron chi connectivity index (χ4n) is 8.05. The Balaban J connectivity index is 1.31. The molecule has 4 fully saturated rings. The summed E-state index contributed by atoms with van der Waals surface area (Å²) in [6.07, 6.45) is 4.02. The highest BCUT2D eigenvalue weighted by molar-refractivity contribution is 5.66. The van der Waals surface area contributed by atoms with Gasteiger partial charge in [-0.15, -0.1) is 10.2 Å². The van der Waals surface area contributed by atoms with Crippen molar-refractivity contribution in [3.8, 4) is 11.1 Å². The monoisotopic (exact) mass is 562 g/mol. The van der Waals surface area contributed by atoms with Crippen LogP contribution >= 0.6 is 0 Å². The van der Waals surface area contributed by atoms with E-state index in [1.54, 1.807) is 12.5 Å². The third-order valence-electron chi connectivity index (χ3n) is 9.51. The minimum absolute atomic E-state index is 0.240. The van der Waals surface area contributed by atoms with Gasteiger partial charge >= 0.3 is 6.18 Å². The van der Waals surface area contributed by atoms with E-state index in [-0.39, 0.29) is 22.0 Å². The second kappa shape index (κ2) is 8.98. The van der Waals surface area contributed by atoms with Crippen LogP contribution in [0.1, 0.15) is 62.0 Å². The van der Waals surface area contributed by atoms with Gasteiger partial charge in [0, 0.05) is 39.1 Å². The molecule has 0 unspecified atom stereocenters. The van der Waals surface area contributed by atoms with Gasteiger partial charge in [-0.3, -0.25) is 14.1 Å². The van der Waals surface area contributed by atoms with Gasteiger partial charge in [0.05, 0.1) is 16.5 Å². The highest BCUT2D eigenvalue weighted by Gasteiger charge is 2.48. The van der Waals surface area contributed by atoms with Gasteiger partial charge in [-0.25, -0.2) is 4.98 Å². The zero-order valence-electron chi connectivity index (χ0n) is 23.4. The highest BCUT2D eigenvalue weighted by Crippen LogP contribution is 2.52. The molecule has 2 saturated carbocycles. The summed E-state index contributed by atoms with van der Waals surface area (Å²) in [6, 6.07) is 8.85. The van der Waals surface area contributed by atoms with Crippen molar-refractivity contribution in [2.24, 2.45) is 24.3 Å². The average Bonchev–Trinajstić information content (AvgIpc) is 3.31. The topological polar surface area (TPSA) is 68.3 Å². The maximum absolute atomic E-state index is 14.2. The lowest BCUT2D eigenvalue weighted by Gasteiger charge is -2.55. The van der Waals surface area contributed by atoms with Crippen LogP contribution in [0.25, 0.3) is 16.8 Å². The van der Waals surface area contributed by atoms with Crippen molar-refractivity contribution >= 4 is 5.65 Å². The van der Waals surface area contributed by atoms with Crippen LogP contribution < -0.4 is 5.56 Å². The normalized spacial score (nSPS) is 28.0. The number of rotatable bonds is 5. The van der Waals surface area contributed by atoms with Crippen molar-refractivity contribution in [2.45, 2.75) is 57.7 Å². The first-order valence-corrected chi connectivity index (χ1v) is 14.2. The molecule has 2 aliphatic carbocycles. The highest BCUT2D eigenvalue weighted by atomic mass is 19.4. The van der Waals surface area contributed by atoms with E-state index < -0.39 is 17.3 Å². The zero-order valence-corrected chi connectivity index (χ0v) is 23.4. The maximum Gasteiger partial charge on any atom is 0.419 e. The number of fused-ring (bicyclic) bond motifs is 3. The predicted octanol–water partition coefficient (Wildman–Crippen LogP) is 5.46. The molecule has 0 N–H and O–H groups in total. The van der Waals surface area contributed by atoms with Crippen molar-refractivity contribution in [2.75, 3.05) is 13.1 Å². The Bertz CT molecular complexity index is 1710. The molecule has 3 aromatic heterocycles. The molecule has 0 amide bonds. The smallest absolute Gasteiger partial charge is 0.320 e. The van der Waals surface area contributed by atoms with Crippen LogP contribution in [-0.4, -0.2) is 42.1 Å². The van der Waals surface area contributed by atoms with Crippen LogP contribution in [0, 0.1) is 17.3 Å². The Kier molecular flexibility index (Phi) is 5.78. The van der Waals surface area contributed by atoms with Crippen molar-refractivity contribution in [3.63, 3.8) is 0 Å². The lowest BCUT2D eigenvalue weighted by Crippen LogP contribution is -2.54. The summed E-state index contributed by atoms with van der Waals surface area (Å²) in [5.41, 5.74) is 0.508. The lowest BCUT2D eigenvalue weighted by atomic mass is 9.58. The van der Waals surface area contributed by atoms with Gasteiger partial charge < -0.3 is 4.57 Å². The molecule has 4 aliphatic rings. The number of piperidine rings is 2. The largest absolute Gasteiger partial charge is 0.419 e. The number of aryl methyl sites for hydroxylation is 1. The van der Waals surface area contributed by atoms with Gasteiger partial charge in [-0.1, -0.05) is 32.0 Å². The molecule has 2 bridgehead atoms. The molecule has 10 heteroatoms. The summed E-state index contributed by atoms with van der Waals surface area (Å²) >= 11 is 0. The van der Waals surface area contributed by atoms with Crippen LogP contribution in [0.5, 0.6) is 0 Å². The SMILES string of the molecule is CC1CC(c2cccc(-c3cnc4c(C(F)(F)F)cc(CN5CC6CC(C)(C6)C5)cn4c3=O)c2)(c2nncn2C)C1. The molecule has 0 atom stereocenters. The molecule has 7 nitrogen and oxygen atoms in total. The van der Waals surface area contributed by atoms with Crippen LogP contribution in [-0.2, 0) is 25.2 Å². The first-order chi connectivity index (χ1) is 19.4. The number of hydrogen-bond donors (Lipinski definition) is 0. The van der Waals surface area contributed by atoms with Crippen LogP contribution in [0.15, 0.2) is 53.8 Å². The number of halogens is 3. The number of benzene rings is 1. The summed E-state index contributed by atoms with van der Waals surface area (Å²) in [5.74, 6) is 1.98. The van der Waals surface area contributed by atoms with E-state index in [9.17, 15) is 18.0 Å². The molecule has 1 aromatic carbocycles. The summed E-state index contributed by atoms with van der Waals surface area (Å²) in [6.45, 7) is 6.54. The molecular formula is C31H33F3N6O. The minimum atomic E-state index is -4.64. The van der Waals surface area contributed by atoms with E-state index in [1.807, 2.05) is 35.9 Å². The van der Waals surface area contributed by atoms with Crippen molar-refractivity contribution in [3.05, 3.63) is 81.9 Å². The fourth-order valence-corrected chi connectivity index (χ4v) is 8.05. The number of pyridine rings is 1. The Morgan fingerprint density at radius 3 is 2.56 bits per heavy atom. The molecule has 8 rings (SSSR count). The third-order valence-corrected chi connectivity index (χ3v) is 9.51. The second-order valence-corrected chi connectivity index (χ2v) is 13.1. The average molecular weight is 563 g/mol. The van der Waals surface area contributed by atoms with E-state index in [2.05, 4.69) is 33.9 Å². The van der Waals surface area contributed by atoms with Crippen molar-refractivity contribution < 1.29 is 13.2 Å². The first-order valence-electron chi connectivity index (χ1n) is 14.2. The van der Waals surface area contributed by atoms with Crippen molar-refractivity contribution in [1.29, 1.82) is 0 Å². The number of alkyl halides is 3. The summed E-state index contributed by atoms with van der Waals surface area (Å²) < 4.78 is 45.6. The quantitative estimate of drug-likeness (QED) is 0.323. The Labute approximate surface area is 236 Å². The van der Waals surface area contributed by atoms with E-state index in [4.69, 9.17) is 0 Å². The number of hydrogen-bond acceptors (Lipinski definition) is 5. The lowest BCUT2D eigenvalue weighted by molar-refractivity contribution is -0.136. The van der Waals surface area contributed by atoms with E-state index in [0.29, 0.717) is 29.5 Å². The van der Waals surface area contributed by atoms with Gasteiger partial charge in [0.1, 0.15) is 12.2 Å². The number of nitrogens with zero attached hydrogens (tertiary/aromatic N) is 6. The molecule has 0 radical (unpaired) electrons. The summed E-state index contributed by atoms with van der Waals surface area (Å²) in [4.78, 5) is 20.3. The first kappa shape index (κ1) is 26.4. The molecule has 4 aromatic rings. The molecule has 214 valence electrons. The molecule has 41 heavy (non-hydrogen) atoms. The third kappa shape index (κ3) is 4.29. The van der Waals surface area contributed by atoms with Crippen LogP contribution in [0.4, 0.5) is 13.2 Å². The van der Waals surface area contributed by atoms with Crippen LogP contribution in [0.2, 0.25) is 0 Å². The van der Waals surface area contributed by atoms with Gasteiger partial charge in [0.25, 0.3) is 5.56 Å². The molecule has 2 aliphatic heterocycles. The fraction of sp³-hybridized carbons (Fsp3) is 0.484. The summed E-state index contributed by atoms with van der Waals surface area (Å²) in [5, 5.41) is 8.50. The molecular weight excluding hydrogens is 529 g/mol. The van der Waals surface area contributed by atoms with Crippen LogP contribution in [0.3, 0.4) is 0 Å². The summed E-state index contributed by atoms with van der Waals surface area (Å²) in [7, 11) is 1.92. The van der Waals surface area contributed by atoms with E-state index in [0.717, 1.165) is 47.8 Å². The molecule has 5 heterocycles. The van der Waals surface area contributed by atoms with Gasteiger partial charge in [-0.2, -0.15) is 13.2 Å². The predicted molar refractivity (Wildman–Crippen MR) is 148 cm³/mol. The zero-order chi connectivity index (χ0) is 28.7. The Hall–Kier alpha value is -3.53. The second-order valence-electron chi connectivity index (χ2n) is 13.1. The maximum atomic E-state index is 14.2.